The van der Waals surface area contributed by atoms with Gasteiger partial charge in [-0.15, -0.1) is 0 Å². The Morgan fingerprint density at radius 1 is 1.19 bits per heavy atom. The lowest BCUT2D eigenvalue weighted by Crippen LogP contribution is -3.19. The van der Waals surface area contributed by atoms with Gasteiger partial charge in [0.2, 0.25) is 0 Å². The van der Waals surface area contributed by atoms with E-state index < -0.39 is 0 Å². The molecule has 1 atom stereocenters. The van der Waals surface area contributed by atoms with Gasteiger partial charge in [-0.2, -0.15) is 0 Å². The summed E-state index contributed by atoms with van der Waals surface area (Å²) in [6.45, 7) is 5.34. The van der Waals surface area contributed by atoms with Crippen molar-refractivity contribution in [2.75, 3.05) is 43.5 Å². The molecule has 0 aromatic heterocycles. The average Bonchev–Trinajstić information content (AvgIpc) is 2.67. The molecule has 3 rings (SSSR count). The molecule has 0 bridgehead atoms. The number of quaternary nitrogens is 1. The first kappa shape index (κ1) is 18.2. The Balaban J connectivity index is 1.58. The molecule has 2 aromatic carbocycles. The number of methoxy groups -OCH3 is 1. The van der Waals surface area contributed by atoms with E-state index in [0.29, 0.717) is 5.69 Å². The van der Waals surface area contributed by atoms with Gasteiger partial charge < -0.3 is 19.9 Å². The van der Waals surface area contributed by atoms with Crippen LogP contribution in [0.2, 0.25) is 0 Å². The zero-order valence-corrected chi connectivity index (χ0v) is 15.2. The molecule has 1 amide bonds. The Labute approximate surface area is 153 Å². The van der Waals surface area contributed by atoms with Crippen molar-refractivity contribution in [3.63, 3.8) is 0 Å². The molecule has 1 aliphatic rings. The number of rotatable bonds is 5. The van der Waals surface area contributed by atoms with Crippen molar-refractivity contribution in [1.82, 2.24) is 0 Å². The largest absolute Gasteiger partial charge is 0.495 e. The molecule has 1 fully saturated rings. The highest BCUT2D eigenvalue weighted by Crippen LogP contribution is 2.27. The van der Waals surface area contributed by atoms with Gasteiger partial charge in [0.25, 0.3) is 5.91 Å². The van der Waals surface area contributed by atoms with Crippen LogP contribution in [-0.2, 0) is 4.79 Å². The summed E-state index contributed by atoms with van der Waals surface area (Å²) in [5.74, 6) is 0.428. The molecular weight excluding hydrogens is 333 g/mol. The fourth-order valence-electron chi connectivity index (χ4n) is 3.36. The summed E-state index contributed by atoms with van der Waals surface area (Å²) in [5, 5.41) is 2.81. The van der Waals surface area contributed by atoms with E-state index in [4.69, 9.17) is 4.74 Å². The summed E-state index contributed by atoms with van der Waals surface area (Å²) >= 11 is 0. The highest BCUT2D eigenvalue weighted by atomic mass is 19.1. The monoisotopic (exact) mass is 358 g/mol. The van der Waals surface area contributed by atoms with Gasteiger partial charge >= 0.3 is 0 Å². The predicted octanol–water partition coefficient (Wildman–Crippen LogP) is 1.57. The van der Waals surface area contributed by atoms with Crippen molar-refractivity contribution in [3.05, 3.63) is 54.3 Å². The molecule has 1 aliphatic heterocycles. The lowest BCUT2D eigenvalue weighted by molar-refractivity contribution is -0.914. The van der Waals surface area contributed by atoms with Crippen LogP contribution in [0.25, 0.3) is 0 Å². The van der Waals surface area contributed by atoms with Gasteiger partial charge in [-0.05, 0) is 37.3 Å². The minimum absolute atomic E-state index is 0.0867. The summed E-state index contributed by atoms with van der Waals surface area (Å²) in [5.41, 5.74) is 1.58. The van der Waals surface area contributed by atoms with E-state index in [1.165, 1.54) is 17.0 Å². The van der Waals surface area contributed by atoms with Gasteiger partial charge in [0, 0.05) is 5.69 Å². The number of halogens is 1. The number of amides is 1. The number of carbonyl (C=O) groups excluding carboxylic acids is 1. The van der Waals surface area contributed by atoms with E-state index in [2.05, 4.69) is 16.3 Å². The summed E-state index contributed by atoms with van der Waals surface area (Å²) in [7, 11) is 1.68. The SMILES string of the molecule is COc1ccccc1N1CC[NH+]([C@H](C)C(=O)Nc2cccc(F)c2)CC1. The van der Waals surface area contributed by atoms with E-state index >= 15 is 0 Å². The normalized spacial score (nSPS) is 16.2. The van der Waals surface area contributed by atoms with Crippen LogP contribution in [0.4, 0.5) is 15.8 Å². The number of nitrogens with one attached hydrogen (secondary N) is 2. The molecule has 0 saturated carbocycles. The fraction of sp³-hybridized carbons (Fsp3) is 0.350. The van der Waals surface area contributed by atoms with Gasteiger partial charge in [-0.25, -0.2) is 4.39 Å². The van der Waals surface area contributed by atoms with Gasteiger partial charge in [-0.1, -0.05) is 18.2 Å². The third kappa shape index (κ3) is 4.14. The predicted molar refractivity (Wildman–Crippen MR) is 100 cm³/mol. The van der Waals surface area contributed by atoms with E-state index in [9.17, 15) is 9.18 Å². The van der Waals surface area contributed by atoms with E-state index in [1.54, 1.807) is 19.2 Å². The number of benzene rings is 2. The molecule has 2 N–H and O–H groups in total. The van der Waals surface area contributed by atoms with Gasteiger partial charge in [0.1, 0.15) is 11.6 Å². The topological polar surface area (TPSA) is 46.0 Å². The van der Waals surface area contributed by atoms with Gasteiger partial charge in [-0.3, -0.25) is 4.79 Å². The molecule has 26 heavy (non-hydrogen) atoms. The molecule has 0 radical (unpaired) electrons. The van der Waals surface area contributed by atoms with Crippen molar-refractivity contribution >= 4 is 17.3 Å². The molecule has 1 heterocycles. The second kappa shape index (κ2) is 8.19. The highest BCUT2D eigenvalue weighted by Gasteiger charge is 2.30. The van der Waals surface area contributed by atoms with Crippen LogP contribution in [0.3, 0.4) is 0 Å². The van der Waals surface area contributed by atoms with E-state index in [0.717, 1.165) is 37.6 Å². The number of hydrogen-bond donors (Lipinski definition) is 2. The maximum atomic E-state index is 13.3. The average molecular weight is 358 g/mol. The summed E-state index contributed by atoms with van der Waals surface area (Å²) in [4.78, 5) is 16.0. The lowest BCUT2D eigenvalue weighted by atomic mass is 10.2. The number of ether oxygens (including phenoxy) is 1. The number of anilines is 2. The minimum Gasteiger partial charge on any atom is -0.495 e. The van der Waals surface area contributed by atoms with Crippen molar-refractivity contribution in [2.24, 2.45) is 0 Å². The molecule has 6 heteroatoms. The van der Waals surface area contributed by atoms with E-state index in [1.807, 2.05) is 25.1 Å². The smallest absolute Gasteiger partial charge is 0.282 e. The summed E-state index contributed by atoms with van der Waals surface area (Å²) in [6, 6.07) is 13.8. The molecule has 0 unspecified atom stereocenters. The van der Waals surface area contributed by atoms with Crippen molar-refractivity contribution < 1.29 is 18.8 Å². The Morgan fingerprint density at radius 2 is 1.92 bits per heavy atom. The molecule has 0 aliphatic carbocycles. The molecule has 2 aromatic rings. The second-order valence-corrected chi connectivity index (χ2v) is 6.54. The molecule has 0 spiro atoms. The molecule has 5 nitrogen and oxygen atoms in total. The van der Waals surface area contributed by atoms with Crippen LogP contribution in [-0.4, -0.2) is 45.2 Å². The van der Waals surface area contributed by atoms with Crippen LogP contribution >= 0.6 is 0 Å². The van der Waals surface area contributed by atoms with Crippen LogP contribution in [0.1, 0.15) is 6.92 Å². The third-order valence-corrected chi connectivity index (χ3v) is 4.93. The van der Waals surface area contributed by atoms with E-state index in [-0.39, 0.29) is 17.8 Å². The first-order valence-electron chi connectivity index (χ1n) is 8.87. The van der Waals surface area contributed by atoms with Crippen LogP contribution < -0.4 is 19.9 Å². The van der Waals surface area contributed by atoms with Crippen LogP contribution in [0.5, 0.6) is 5.75 Å². The Kier molecular flexibility index (Phi) is 5.73. The first-order valence-corrected chi connectivity index (χ1v) is 8.87. The number of nitrogens with zero attached hydrogens (tertiary/aromatic N) is 1. The standard InChI is InChI=1S/C20H24FN3O2/c1-15(20(25)22-17-7-5-6-16(21)14-17)23-10-12-24(13-11-23)18-8-3-4-9-19(18)26-2/h3-9,14-15H,10-13H2,1-2H3,(H,22,25)/p+1/t15-/m1/s1. The first-order chi connectivity index (χ1) is 12.6. The second-order valence-electron chi connectivity index (χ2n) is 6.54. The van der Waals surface area contributed by atoms with Crippen molar-refractivity contribution in [3.8, 4) is 5.75 Å². The zero-order chi connectivity index (χ0) is 18.5. The Hall–Kier alpha value is -2.60. The zero-order valence-electron chi connectivity index (χ0n) is 15.2. The number of hydrogen-bond acceptors (Lipinski definition) is 3. The highest BCUT2D eigenvalue weighted by molar-refractivity contribution is 5.93. The molecular formula is C20H25FN3O2+. The Morgan fingerprint density at radius 3 is 2.62 bits per heavy atom. The third-order valence-electron chi connectivity index (χ3n) is 4.93. The van der Waals surface area contributed by atoms with Crippen LogP contribution in [0, 0.1) is 5.82 Å². The number of para-hydroxylation sites is 2. The number of carbonyl (C=O) groups is 1. The van der Waals surface area contributed by atoms with Gasteiger partial charge in [0.15, 0.2) is 6.04 Å². The van der Waals surface area contributed by atoms with Crippen molar-refractivity contribution in [2.45, 2.75) is 13.0 Å². The molecule has 138 valence electrons. The fourth-order valence-corrected chi connectivity index (χ4v) is 3.36. The number of piperazine rings is 1. The summed E-state index contributed by atoms with van der Waals surface area (Å²) < 4.78 is 18.7. The van der Waals surface area contributed by atoms with Crippen LogP contribution in [0.15, 0.2) is 48.5 Å². The molecule has 1 saturated heterocycles. The Bertz CT molecular complexity index is 760. The van der Waals surface area contributed by atoms with Crippen molar-refractivity contribution in [1.29, 1.82) is 0 Å². The minimum atomic E-state index is -0.353. The summed E-state index contributed by atoms with van der Waals surface area (Å²) in [6.07, 6.45) is 0. The quantitative estimate of drug-likeness (QED) is 0.853. The van der Waals surface area contributed by atoms with Gasteiger partial charge in [0.05, 0.1) is 39.0 Å². The maximum absolute atomic E-state index is 13.3. The maximum Gasteiger partial charge on any atom is 0.282 e. The lowest BCUT2D eigenvalue weighted by Gasteiger charge is -2.36.